The molecule has 82 valence electrons. The Morgan fingerprint density at radius 1 is 1.19 bits per heavy atom. The lowest BCUT2D eigenvalue weighted by Crippen LogP contribution is -2.28. The quantitative estimate of drug-likeness (QED) is 0.662. The highest BCUT2D eigenvalue weighted by molar-refractivity contribution is 5.79. The number of hydrogen-bond acceptors (Lipinski definition) is 1. The normalized spacial score (nSPS) is 19.1. The maximum absolute atomic E-state index is 12.8. The minimum atomic E-state index is -0.610. The van der Waals surface area contributed by atoms with Crippen LogP contribution in [0.5, 0.6) is 0 Å². The van der Waals surface area contributed by atoms with Gasteiger partial charge in [-0.2, -0.15) is 0 Å². The monoisotopic (exact) mass is 217 g/mol. The van der Waals surface area contributed by atoms with E-state index in [0.717, 1.165) is 5.56 Å². The molecule has 3 heteroatoms. The highest BCUT2D eigenvalue weighted by Crippen LogP contribution is 2.39. The fraction of sp³-hybridized carbons (Fsp3) is 0.385. The molecule has 1 aromatic rings. The zero-order valence-corrected chi connectivity index (χ0v) is 8.87. The van der Waals surface area contributed by atoms with Crippen LogP contribution in [0.25, 0.3) is 4.85 Å². The lowest BCUT2D eigenvalue weighted by atomic mass is 9.77. The van der Waals surface area contributed by atoms with Gasteiger partial charge in [-0.15, -0.1) is 0 Å². The van der Waals surface area contributed by atoms with Crippen molar-refractivity contribution < 1.29 is 9.18 Å². The van der Waals surface area contributed by atoms with Crippen LogP contribution in [0.3, 0.4) is 0 Å². The van der Waals surface area contributed by atoms with E-state index in [9.17, 15) is 9.18 Å². The standard InChI is InChI=1S/C13H12FNO/c1-15-13(8-6-12(16)7-9-13)10-2-4-11(14)5-3-10/h2-5H,6-9H2. The van der Waals surface area contributed by atoms with Gasteiger partial charge in [0.2, 0.25) is 0 Å². The summed E-state index contributed by atoms with van der Waals surface area (Å²) in [5, 5.41) is 0. The summed E-state index contributed by atoms with van der Waals surface area (Å²) < 4.78 is 12.8. The number of hydrogen-bond donors (Lipinski definition) is 0. The Labute approximate surface area is 93.9 Å². The van der Waals surface area contributed by atoms with E-state index in [1.54, 1.807) is 12.1 Å². The van der Waals surface area contributed by atoms with Gasteiger partial charge in [0.15, 0.2) is 0 Å². The van der Waals surface area contributed by atoms with Gasteiger partial charge < -0.3 is 4.85 Å². The summed E-state index contributed by atoms with van der Waals surface area (Å²) in [6.07, 6.45) is 2.03. The third kappa shape index (κ3) is 1.83. The number of carbonyl (C=O) groups excluding carboxylic acids is 1. The Morgan fingerprint density at radius 2 is 1.75 bits per heavy atom. The predicted octanol–water partition coefficient (Wildman–Crippen LogP) is 3.08. The highest BCUT2D eigenvalue weighted by Gasteiger charge is 2.42. The molecule has 1 saturated carbocycles. The van der Waals surface area contributed by atoms with Gasteiger partial charge in [-0.3, -0.25) is 4.79 Å². The average molecular weight is 217 g/mol. The van der Waals surface area contributed by atoms with Crippen LogP contribution in [0.1, 0.15) is 31.2 Å². The van der Waals surface area contributed by atoms with Crippen LogP contribution in [0.2, 0.25) is 0 Å². The van der Waals surface area contributed by atoms with Crippen molar-refractivity contribution in [3.05, 3.63) is 47.1 Å². The van der Waals surface area contributed by atoms with E-state index in [4.69, 9.17) is 6.57 Å². The zero-order chi connectivity index (χ0) is 11.6. The minimum Gasteiger partial charge on any atom is -0.305 e. The van der Waals surface area contributed by atoms with Crippen molar-refractivity contribution >= 4 is 5.78 Å². The molecule has 0 spiro atoms. The van der Waals surface area contributed by atoms with Gasteiger partial charge in [-0.1, -0.05) is 0 Å². The summed E-state index contributed by atoms with van der Waals surface area (Å²) in [5.41, 5.74) is 0.220. The molecule has 2 nitrogen and oxygen atoms in total. The largest absolute Gasteiger partial charge is 0.305 e. The van der Waals surface area contributed by atoms with E-state index in [1.807, 2.05) is 0 Å². The highest BCUT2D eigenvalue weighted by atomic mass is 19.1. The van der Waals surface area contributed by atoms with Gasteiger partial charge >= 0.3 is 0 Å². The Hall–Kier alpha value is -1.69. The summed E-state index contributed by atoms with van der Waals surface area (Å²) in [4.78, 5) is 14.9. The maximum atomic E-state index is 12.8. The van der Waals surface area contributed by atoms with Crippen molar-refractivity contribution in [3.8, 4) is 0 Å². The molecule has 2 rings (SSSR count). The second-order valence-corrected chi connectivity index (χ2v) is 4.19. The van der Waals surface area contributed by atoms with Crippen LogP contribution < -0.4 is 0 Å². The van der Waals surface area contributed by atoms with Crippen LogP contribution >= 0.6 is 0 Å². The Balaban J connectivity index is 2.32. The maximum Gasteiger partial charge on any atom is 0.258 e. The number of Topliss-reactive ketones (excluding diaryl/α,β-unsaturated/α-hetero) is 1. The van der Waals surface area contributed by atoms with Crippen molar-refractivity contribution in [2.75, 3.05) is 0 Å². The minimum absolute atomic E-state index is 0.224. The van der Waals surface area contributed by atoms with Crippen molar-refractivity contribution in [3.63, 3.8) is 0 Å². The number of ketones is 1. The van der Waals surface area contributed by atoms with Crippen molar-refractivity contribution in [1.29, 1.82) is 0 Å². The predicted molar refractivity (Wildman–Crippen MR) is 58.2 cm³/mol. The van der Waals surface area contributed by atoms with Crippen LogP contribution in [-0.4, -0.2) is 5.78 Å². The summed E-state index contributed by atoms with van der Waals surface area (Å²) in [6.45, 7) is 7.32. The molecule has 1 aliphatic carbocycles. The molecule has 1 aliphatic rings. The molecule has 0 N–H and O–H groups in total. The molecule has 0 radical (unpaired) electrons. The SMILES string of the molecule is [C-]#[N+]C1(c2ccc(F)cc2)CCC(=O)CC1. The van der Waals surface area contributed by atoms with Crippen LogP contribution in [-0.2, 0) is 10.3 Å². The van der Waals surface area contributed by atoms with E-state index in [2.05, 4.69) is 4.85 Å². The third-order valence-corrected chi connectivity index (χ3v) is 3.23. The van der Waals surface area contributed by atoms with Crippen LogP contribution in [0.15, 0.2) is 24.3 Å². The number of halogens is 1. The number of rotatable bonds is 1. The van der Waals surface area contributed by atoms with E-state index >= 15 is 0 Å². The van der Waals surface area contributed by atoms with Gasteiger partial charge in [-0.05, 0) is 24.3 Å². The van der Waals surface area contributed by atoms with Crippen molar-refractivity contribution in [2.45, 2.75) is 31.2 Å². The first-order chi connectivity index (χ1) is 7.66. The van der Waals surface area contributed by atoms with Crippen LogP contribution in [0.4, 0.5) is 4.39 Å². The van der Waals surface area contributed by atoms with Gasteiger partial charge in [0, 0.05) is 31.2 Å². The van der Waals surface area contributed by atoms with E-state index < -0.39 is 5.54 Å². The second kappa shape index (κ2) is 4.05. The van der Waals surface area contributed by atoms with Gasteiger partial charge in [-0.25, -0.2) is 11.0 Å². The molecule has 0 heterocycles. The summed E-state index contributed by atoms with van der Waals surface area (Å²) in [7, 11) is 0. The fourth-order valence-corrected chi connectivity index (χ4v) is 2.17. The number of carbonyl (C=O) groups is 1. The Morgan fingerprint density at radius 3 is 2.25 bits per heavy atom. The summed E-state index contributed by atoms with van der Waals surface area (Å²) in [6, 6.07) is 6.06. The van der Waals surface area contributed by atoms with E-state index in [1.165, 1.54) is 12.1 Å². The van der Waals surface area contributed by atoms with Crippen LogP contribution in [0, 0.1) is 12.4 Å². The molecule has 16 heavy (non-hydrogen) atoms. The lowest BCUT2D eigenvalue weighted by molar-refractivity contribution is -0.121. The van der Waals surface area contributed by atoms with Crippen molar-refractivity contribution in [2.24, 2.45) is 0 Å². The molecule has 0 aliphatic heterocycles. The Bertz CT molecular complexity index is 434. The second-order valence-electron chi connectivity index (χ2n) is 4.19. The molecular weight excluding hydrogens is 205 g/mol. The molecule has 1 fully saturated rings. The van der Waals surface area contributed by atoms with Crippen molar-refractivity contribution in [1.82, 2.24) is 0 Å². The smallest absolute Gasteiger partial charge is 0.258 e. The summed E-state index contributed by atoms with van der Waals surface area (Å²) >= 11 is 0. The van der Waals surface area contributed by atoms with E-state index in [-0.39, 0.29) is 11.6 Å². The topological polar surface area (TPSA) is 21.4 Å². The molecule has 0 bridgehead atoms. The lowest BCUT2D eigenvalue weighted by Gasteiger charge is -2.25. The number of nitrogens with zero attached hydrogens (tertiary/aromatic N) is 1. The molecule has 0 amide bonds. The molecule has 0 saturated heterocycles. The van der Waals surface area contributed by atoms with Gasteiger partial charge in [0.05, 0.1) is 0 Å². The molecule has 0 aromatic heterocycles. The van der Waals surface area contributed by atoms with Gasteiger partial charge in [0.1, 0.15) is 11.6 Å². The molecule has 0 unspecified atom stereocenters. The number of benzene rings is 1. The first kappa shape index (κ1) is 10.8. The Kier molecular flexibility index (Phi) is 2.74. The molecular formula is C13H12FNO. The first-order valence-corrected chi connectivity index (χ1v) is 5.33. The molecule has 1 aromatic carbocycles. The summed E-state index contributed by atoms with van der Waals surface area (Å²) in [5.74, 6) is -0.0721. The van der Waals surface area contributed by atoms with Gasteiger partial charge in [0.25, 0.3) is 5.54 Å². The molecule has 0 atom stereocenters. The first-order valence-electron chi connectivity index (χ1n) is 5.33. The zero-order valence-electron chi connectivity index (χ0n) is 8.87. The van der Waals surface area contributed by atoms with E-state index in [0.29, 0.717) is 25.7 Å². The average Bonchev–Trinajstić information content (AvgIpc) is 2.32. The fourth-order valence-electron chi connectivity index (χ4n) is 2.17. The third-order valence-electron chi connectivity index (χ3n) is 3.23.